The molecule has 158 valence electrons. The number of primary amides is 1. The number of nitrogens with zero attached hydrogens (tertiary/aromatic N) is 1. The predicted molar refractivity (Wildman–Crippen MR) is 111 cm³/mol. The maximum absolute atomic E-state index is 12.8. The Balaban J connectivity index is 1.98. The average Bonchev–Trinajstić information content (AvgIpc) is 3.04. The summed E-state index contributed by atoms with van der Waals surface area (Å²) in [6.45, 7) is 5.62. The summed E-state index contributed by atoms with van der Waals surface area (Å²) in [5.41, 5.74) is 5.23. The van der Waals surface area contributed by atoms with Gasteiger partial charge in [0.15, 0.2) is 0 Å². The molecule has 11 heteroatoms. The van der Waals surface area contributed by atoms with Crippen molar-refractivity contribution in [1.29, 1.82) is 0 Å². The lowest BCUT2D eigenvalue weighted by Crippen LogP contribution is -2.51. The monoisotopic (exact) mass is 450 g/mol. The average molecular weight is 451 g/mol. The molecule has 1 aliphatic heterocycles. The summed E-state index contributed by atoms with van der Waals surface area (Å²) in [7, 11) is -3.83. The summed E-state index contributed by atoms with van der Waals surface area (Å²) in [5, 5.41) is 1.43. The Hall–Kier alpha value is -1.20. The highest BCUT2D eigenvalue weighted by atomic mass is 35.5. The Morgan fingerprint density at radius 1 is 1.32 bits per heavy atom. The second kappa shape index (κ2) is 10.0. The summed E-state index contributed by atoms with van der Waals surface area (Å²) in [5.74, 6) is -1.18. The van der Waals surface area contributed by atoms with Gasteiger partial charge < -0.3 is 16.0 Å². The molecule has 1 aromatic rings. The zero-order chi connectivity index (χ0) is 20.9. The fraction of sp³-hybridized carbons (Fsp3) is 0.647. The molecule has 2 amide bonds. The molecule has 0 aromatic carbocycles. The summed E-state index contributed by atoms with van der Waals surface area (Å²) >= 11 is 6.91. The molecule has 0 bridgehead atoms. The van der Waals surface area contributed by atoms with Gasteiger partial charge in [-0.1, -0.05) is 11.6 Å². The summed E-state index contributed by atoms with van der Waals surface area (Å²) in [6, 6.07) is 3.37. The number of nitrogens with two attached hydrogens (primary N) is 1. The van der Waals surface area contributed by atoms with E-state index in [2.05, 4.69) is 28.8 Å². The van der Waals surface area contributed by atoms with Gasteiger partial charge in [-0.25, -0.2) is 13.1 Å². The molecule has 2 rings (SSSR count). The molecule has 1 saturated heterocycles. The van der Waals surface area contributed by atoms with Gasteiger partial charge in [-0.2, -0.15) is 0 Å². The number of carbonyl (C=O) groups excluding carboxylic acids is 2. The SMILES string of the molecule is CC(C)N1CCC(NS(=O)(=O)C(CNC(=O)c2ccc(Cl)s2)CC(N)=O)CC1. The quantitative estimate of drug-likeness (QED) is 0.521. The van der Waals surface area contributed by atoms with Gasteiger partial charge in [-0.3, -0.25) is 9.59 Å². The molecule has 0 saturated carbocycles. The number of hydrogen-bond donors (Lipinski definition) is 3. The van der Waals surface area contributed by atoms with E-state index in [1.807, 2.05) is 0 Å². The van der Waals surface area contributed by atoms with E-state index < -0.39 is 27.1 Å². The highest BCUT2D eigenvalue weighted by Gasteiger charge is 2.32. The minimum atomic E-state index is -3.83. The molecular weight excluding hydrogens is 424 g/mol. The molecule has 0 spiro atoms. The Morgan fingerprint density at radius 3 is 2.46 bits per heavy atom. The largest absolute Gasteiger partial charge is 0.370 e. The summed E-state index contributed by atoms with van der Waals surface area (Å²) < 4.78 is 28.8. The Labute approximate surface area is 174 Å². The topological polar surface area (TPSA) is 122 Å². The lowest BCUT2D eigenvalue weighted by molar-refractivity contribution is -0.118. The van der Waals surface area contributed by atoms with Crippen LogP contribution in [-0.2, 0) is 14.8 Å². The van der Waals surface area contributed by atoms with Crippen molar-refractivity contribution in [1.82, 2.24) is 14.9 Å². The van der Waals surface area contributed by atoms with Crippen LogP contribution >= 0.6 is 22.9 Å². The fourth-order valence-corrected chi connectivity index (χ4v) is 5.65. The van der Waals surface area contributed by atoms with Crippen LogP contribution in [0.2, 0.25) is 4.34 Å². The van der Waals surface area contributed by atoms with Gasteiger partial charge in [-0.15, -0.1) is 11.3 Å². The molecule has 2 heterocycles. The van der Waals surface area contributed by atoms with Gasteiger partial charge in [0.05, 0.1) is 9.21 Å². The molecule has 1 atom stereocenters. The third-order valence-electron chi connectivity index (χ3n) is 4.75. The molecule has 0 radical (unpaired) electrons. The molecule has 1 unspecified atom stereocenters. The normalized spacial score (nSPS) is 17.6. The lowest BCUT2D eigenvalue weighted by Gasteiger charge is -2.35. The molecule has 0 aliphatic carbocycles. The standard InChI is InChI=1S/C17H27ClN4O4S2/c1-11(2)22-7-5-12(6-8-22)21-28(25,26)13(9-16(19)23)10-20-17(24)14-3-4-15(18)27-14/h3-4,11-13,21H,5-10H2,1-2H3,(H2,19,23)(H,20,24). The van der Waals surface area contributed by atoms with Crippen molar-refractivity contribution in [3.63, 3.8) is 0 Å². The maximum atomic E-state index is 12.8. The number of rotatable bonds is 9. The molecule has 1 fully saturated rings. The first-order valence-corrected chi connectivity index (χ1v) is 11.9. The molecule has 28 heavy (non-hydrogen) atoms. The Morgan fingerprint density at radius 2 is 1.96 bits per heavy atom. The first-order valence-electron chi connectivity index (χ1n) is 9.15. The Kier molecular flexibility index (Phi) is 8.26. The van der Waals surface area contributed by atoms with E-state index in [1.165, 1.54) is 0 Å². The smallest absolute Gasteiger partial charge is 0.261 e. The molecule has 4 N–H and O–H groups in total. The zero-order valence-corrected chi connectivity index (χ0v) is 18.4. The van der Waals surface area contributed by atoms with E-state index in [4.69, 9.17) is 17.3 Å². The van der Waals surface area contributed by atoms with Crippen LogP contribution in [0.15, 0.2) is 12.1 Å². The number of piperidine rings is 1. The van der Waals surface area contributed by atoms with Crippen molar-refractivity contribution in [2.75, 3.05) is 19.6 Å². The first kappa shape index (κ1) is 23.1. The molecule has 1 aromatic heterocycles. The lowest BCUT2D eigenvalue weighted by atomic mass is 10.1. The van der Waals surface area contributed by atoms with Crippen LogP contribution in [0.4, 0.5) is 0 Å². The van der Waals surface area contributed by atoms with Crippen molar-refractivity contribution in [2.24, 2.45) is 5.73 Å². The van der Waals surface area contributed by atoms with Crippen LogP contribution in [0.1, 0.15) is 42.8 Å². The van der Waals surface area contributed by atoms with Gasteiger partial charge in [0.2, 0.25) is 15.9 Å². The number of amides is 2. The van der Waals surface area contributed by atoms with E-state index in [0.29, 0.717) is 28.1 Å². The van der Waals surface area contributed by atoms with Crippen LogP contribution < -0.4 is 15.8 Å². The van der Waals surface area contributed by atoms with Gasteiger partial charge >= 0.3 is 0 Å². The van der Waals surface area contributed by atoms with Crippen molar-refractivity contribution in [3.8, 4) is 0 Å². The van der Waals surface area contributed by atoms with Gasteiger partial charge in [0, 0.05) is 25.0 Å². The van der Waals surface area contributed by atoms with Crippen LogP contribution in [0.5, 0.6) is 0 Å². The van der Waals surface area contributed by atoms with Crippen LogP contribution in [0, 0.1) is 0 Å². The molecule has 1 aliphatic rings. The number of halogens is 1. The van der Waals surface area contributed by atoms with Crippen molar-refractivity contribution >= 4 is 44.8 Å². The second-order valence-electron chi connectivity index (χ2n) is 7.17. The van der Waals surface area contributed by atoms with E-state index in [9.17, 15) is 18.0 Å². The number of thiophene rings is 1. The van der Waals surface area contributed by atoms with Gasteiger partial charge in [0.25, 0.3) is 5.91 Å². The third kappa shape index (κ3) is 6.70. The summed E-state index contributed by atoms with van der Waals surface area (Å²) in [6.07, 6.45) is 1.02. The summed E-state index contributed by atoms with van der Waals surface area (Å²) in [4.78, 5) is 26.2. The number of likely N-dealkylation sites (tertiary alicyclic amines) is 1. The molecule has 8 nitrogen and oxygen atoms in total. The number of sulfonamides is 1. The maximum Gasteiger partial charge on any atom is 0.261 e. The highest BCUT2D eigenvalue weighted by Crippen LogP contribution is 2.21. The van der Waals surface area contributed by atoms with Crippen LogP contribution in [0.3, 0.4) is 0 Å². The van der Waals surface area contributed by atoms with Gasteiger partial charge in [-0.05, 0) is 51.9 Å². The predicted octanol–water partition coefficient (Wildman–Crippen LogP) is 1.17. The minimum absolute atomic E-state index is 0.192. The number of carbonyl (C=O) groups is 2. The van der Waals surface area contributed by atoms with E-state index >= 15 is 0 Å². The van der Waals surface area contributed by atoms with E-state index in [0.717, 1.165) is 24.4 Å². The fourth-order valence-electron chi connectivity index (χ4n) is 3.11. The van der Waals surface area contributed by atoms with Crippen LogP contribution in [0.25, 0.3) is 0 Å². The van der Waals surface area contributed by atoms with E-state index in [1.54, 1.807) is 12.1 Å². The third-order valence-corrected chi connectivity index (χ3v) is 7.85. The van der Waals surface area contributed by atoms with Gasteiger partial charge in [0.1, 0.15) is 5.25 Å². The Bertz CT molecular complexity index is 789. The highest BCUT2D eigenvalue weighted by molar-refractivity contribution is 7.90. The molecular formula is C17H27ClN4O4S2. The van der Waals surface area contributed by atoms with Crippen molar-refractivity contribution in [3.05, 3.63) is 21.3 Å². The zero-order valence-electron chi connectivity index (χ0n) is 16.0. The van der Waals surface area contributed by atoms with E-state index in [-0.39, 0.29) is 19.0 Å². The number of hydrogen-bond acceptors (Lipinski definition) is 6. The van der Waals surface area contributed by atoms with Crippen molar-refractivity contribution in [2.45, 2.75) is 50.4 Å². The van der Waals surface area contributed by atoms with Crippen molar-refractivity contribution < 1.29 is 18.0 Å². The minimum Gasteiger partial charge on any atom is -0.370 e. The second-order valence-corrected chi connectivity index (χ2v) is 10.9. The van der Waals surface area contributed by atoms with Crippen LogP contribution in [-0.4, -0.2) is 62.1 Å². The number of nitrogens with one attached hydrogen (secondary N) is 2. The first-order chi connectivity index (χ1) is 13.1.